The van der Waals surface area contributed by atoms with Crippen molar-refractivity contribution in [3.05, 3.63) is 0 Å². The van der Waals surface area contributed by atoms with Crippen molar-refractivity contribution in [3.63, 3.8) is 0 Å². The maximum atomic E-state index is 10.6. The molecule has 0 aromatic heterocycles. The minimum absolute atomic E-state index is 0.0503. The van der Waals surface area contributed by atoms with Crippen molar-refractivity contribution in [1.29, 1.82) is 0 Å². The van der Waals surface area contributed by atoms with Crippen LogP contribution in [0.25, 0.3) is 0 Å². The monoisotopic (exact) mass is 276 g/mol. The summed E-state index contributed by atoms with van der Waals surface area (Å²) in [6.45, 7) is 4.17. The molecule has 0 saturated carbocycles. The van der Waals surface area contributed by atoms with Gasteiger partial charge in [-0.05, 0) is 0 Å². The van der Waals surface area contributed by atoms with E-state index in [-0.39, 0.29) is 19.5 Å². The van der Waals surface area contributed by atoms with Crippen LogP contribution in [0.3, 0.4) is 0 Å². The quantitative estimate of drug-likeness (QED) is 0.244. The van der Waals surface area contributed by atoms with Gasteiger partial charge in [-0.25, -0.2) is 0 Å². The standard InChI is InChI=1S/C11H24N4O4/c12-2-3-13-4-5-14-6-8-15(9-11(18)19)7-1-10(16)17/h13-14H,1-9,12H2,(H,16,17)(H,18,19). The second kappa shape index (κ2) is 11.8. The summed E-state index contributed by atoms with van der Waals surface area (Å²) in [6, 6.07) is 0. The second-order valence-electron chi connectivity index (χ2n) is 4.10. The summed E-state index contributed by atoms with van der Waals surface area (Å²) in [4.78, 5) is 22.7. The molecule has 112 valence electrons. The first-order valence-electron chi connectivity index (χ1n) is 6.33. The Labute approximate surface area is 112 Å². The van der Waals surface area contributed by atoms with Gasteiger partial charge < -0.3 is 26.6 Å². The predicted molar refractivity (Wildman–Crippen MR) is 71.1 cm³/mol. The Morgan fingerprint density at radius 1 is 0.947 bits per heavy atom. The number of nitrogens with zero attached hydrogens (tertiary/aromatic N) is 1. The molecule has 8 nitrogen and oxygen atoms in total. The molecule has 8 heteroatoms. The average molecular weight is 276 g/mol. The fourth-order valence-electron chi connectivity index (χ4n) is 1.48. The number of hydrogen-bond donors (Lipinski definition) is 5. The van der Waals surface area contributed by atoms with E-state index in [2.05, 4.69) is 10.6 Å². The number of carbonyl (C=O) groups is 2. The van der Waals surface area contributed by atoms with E-state index in [1.54, 1.807) is 4.90 Å². The lowest BCUT2D eigenvalue weighted by molar-refractivity contribution is -0.141. The summed E-state index contributed by atoms with van der Waals surface area (Å²) in [5.41, 5.74) is 5.32. The van der Waals surface area contributed by atoms with Crippen LogP contribution in [0.1, 0.15) is 6.42 Å². The van der Waals surface area contributed by atoms with Crippen LogP contribution in [-0.2, 0) is 9.59 Å². The van der Waals surface area contributed by atoms with Crippen molar-refractivity contribution >= 4 is 11.9 Å². The minimum Gasteiger partial charge on any atom is -0.481 e. The zero-order valence-corrected chi connectivity index (χ0v) is 11.1. The molecule has 19 heavy (non-hydrogen) atoms. The SMILES string of the molecule is NCCNCCNCCN(CCC(=O)O)CC(=O)O. The third kappa shape index (κ3) is 13.0. The highest BCUT2D eigenvalue weighted by Gasteiger charge is 2.10. The lowest BCUT2D eigenvalue weighted by Crippen LogP contribution is -2.39. The van der Waals surface area contributed by atoms with Gasteiger partial charge in [0.15, 0.2) is 0 Å². The van der Waals surface area contributed by atoms with Gasteiger partial charge in [0, 0.05) is 45.8 Å². The molecule has 6 N–H and O–H groups in total. The van der Waals surface area contributed by atoms with E-state index in [1.165, 1.54) is 0 Å². The molecular weight excluding hydrogens is 252 g/mol. The Kier molecular flexibility index (Phi) is 11.1. The zero-order chi connectivity index (χ0) is 14.5. The lowest BCUT2D eigenvalue weighted by atomic mass is 10.3. The molecule has 0 saturated heterocycles. The summed E-state index contributed by atoms with van der Waals surface area (Å²) < 4.78 is 0. The Hall–Kier alpha value is -1.22. The van der Waals surface area contributed by atoms with Crippen LogP contribution in [0.15, 0.2) is 0 Å². The Balaban J connectivity index is 3.67. The number of aliphatic carboxylic acids is 2. The second-order valence-corrected chi connectivity index (χ2v) is 4.10. The smallest absolute Gasteiger partial charge is 0.317 e. The minimum atomic E-state index is -0.949. The van der Waals surface area contributed by atoms with Crippen LogP contribution in [0.2, 0.25) is 0 Å². The highest BCUT2D eigenvalue weighted by molar-refractivity contribution is 5.69. The van der Waals surface area contributed by atoms with E-state index < -0.39 is 11.9 Å². The Bertz CT molecular complexity index is 263. The van der Waals surface area contributed by atoms with Gasteiger partial charge in [-0.3, -0.25) is 14.5 Å². The van der Waals surface area contributed by atoms with Gasteiger partial charge >= 0.3 is 11.9 Å². The molecule has 0 aliphatic heterocycles. The lowest BCUT2D eigenvalue weighted by Gasteiger charge is -2.19. The summed E-state index contributed by atoms with van der Waals surface area (Å²) in [6.07, 6.45) is -0.0503. The number of rotatable bonds is 13. The first kappa shape index (κ1) is 17.8. The van der Waals surface area contributed by atoms with Gasteiger partial charge in [-0.1, -0.05) is 0 Å². The van der Waals surface area contributed by atoms with Crippen LogP contribution in [0.5, 0.6) is 0 Å². The van der Waals surface area contributed by atoms with Crippen LogP contribution in [0, 0.1) is 0 Å². The fourth-order valence-corrected chi connectivity index (χ4v) is 1.48. The van der Waals surface area contributed by atoms with Crippen LogP contribution >= 0.6 is 0 Å². The largest absolute Gasteiger partial charge is 0.481 e. The van der Waals surface area contributed by atoms with Crippen molar-refractivity contribution in [1.82, 2.24) is 15.5 Å². The average Bonchev–Trinajstić information content (AvgIpc) is 2.33. The molecular formula is C11H24N4O4. The highest BCUT2D eigenvalue weighted by Crippen LogP contribution is 1.91. The molecule has 0 unspecified atom stereocenters. The molecule has 0 rings (SSSR count). The molecule has 0 fully saturated rings. The Morgan fingerprint density at radius 2 is 1.58 bits per heavy atom. The summed E-state index contributed by atoms with van der Waals surface area (Å²) in [5.74, 6) is -1.87. The number of nitrogens with two attached hydrogens (primary N) is 1. The molecule has 0 aliphatic rings. The van der Waals surface area contributed by atoms with Crippen molar-refractivity contribution in [3.8, 4) is 0 Å². The van der Waals surface area contributed by atoms with E-state index in [0.29, 0.717) is 19.6 Å². The predicted octanol–water partition coefficient (Wildman–Crippen LogP) is -2.01. The molecule has 0 radical (unpaired) electrons. The zero-order valence-electron chi connectivity index (χ0n) is 11.1. The summed E-state index contributed by atoms with van der Waals surface area (Å²) in [7, 11) is 0. The summed E-state index contributed by atoms with van der Waals surface area (Å²) in [5, 5.41) is 23.6. The molecule has 0 spiro atoms. The van der Waals surface area contributed by atoms with E-state index in [0.717, 1.165) is 19.6 Å². The van der Waals surface area contributed by atoms with Gasteiger partial charge in [0.05, 0.1) is 13.0 Å². The number of carboxylic acids is 2. The molecule has 0 bridgehead atoms. The van der Waals surface area contributed by atoms with Crippen LogP contribution in [-0.4, -0.2) is 79.4 Å². The first-order chi connectivity index (χ1) is 9.06. The van der Waals surface area contributed by atoms with E-state index in [4.69, 9.17) is 15.9 Å². The molecule has 0 atom stereocenters. The van der Waals surface area contributed by atoms with E-state index in [9.17, 15) is 9.59 Å². The molecule has 0 amide bonds. The van der Waals surface area contributed by atoms with Gasteiger partial charge in [0.2, 0.25) is 0 Å². The third-order valence-corrected chi connectivity index (χ3v) is 2.41. The van der Waals surface area contributed by atoms with E-state index in [1.807, 2.05) is 0 Å². The van der Waals surface area contributed by atoms with Gasteiger partial charge in [-0.2, -0.15) is 0 Å². The summed E-state index contributed by atoms with van der Waals surface area (Å²) >= 11 is 0. The van der Waals surface area contributed by atoms with Crippen molar-refractivity contribution in [2.45, 2.75) is 6.42 Å². The van der Waals surface area contributed by atoms with Gasteiger partial charge in [-0.15, -0.1) is 0 Å². The normalized spacial score (nSPS) is 10.8. The first-order valence-corrected chi connectivity index (χ1v) is 6.33. The number of carboxylic acid groups (broad SMARTS) is 2. The fraction of sp³-hybridized carbons (Fsp3) is 0.818. The van der Waals surface area contributed by atoms with Crippen molar-refractivity contribution < 1.29 is 19.8 Å². The van der Waals surface area contributed by atoms with Gasteiger partial charge in [0.1, 0.15) is 0 Å². The highest BCUT2D eigenvalue weighted by atomic mass is 16.4. The maximum Gasteiger partial charge on any atom is 0.317 e. The molecule has 0 aliphatic carbocycles. The van der Waals surface area contributed by atoms with Crippen LogP contribution in [0.4, 0.5) is 0 Å². The van der Waals surface area contributed by atoms with Crippen LogP contribution < -0.4 is 16.4 Å². The topological polar surface area (TPSA) is 128 Å². The number of nitrogens with one attached hydrogen (secondary N) is 2. The molecule has 0 aromatic carbocycles. The van der Waals surface area contributed by atoms with Gasteiger partial charge in [0.25, 0.3) is 0 Å². The van der Waals surface area contributed by atoms with Crippen molar-refractivity contribution in [2.24, 2.45) is 5.73 Å². The number of hydrogen-bond acceptors (Lipinski definition) is 6. The maximum absolute atomic E-state index is 10.6. The molecule has 0 aromatic rings. The third-order valence-electron chi connectivity index (χ3n) is 2.41. The molecule has 0 heterocycles. The van der Waals surface area contributed by atoms with E-state index >= 15 is 0 Å². The Morgan fingerprint density at radius 3 is 2.11 bits per heavy atom. The van der Waals surface area contributed by atoms with Crippen molar-refractivity contribution in [2.75, 3.05) is 52.4 Å².